The monoisotopic (exact) mass is 297 g/mol. The summed E-state index contributed by atoms with van der Waals surface area (Å²) in [6.45, 7) is 9.65. The van der Waals surface area contributed by atoms with Crippen LogP contribution in [0.15, 0.2) is 18.2 Å². The molecule has 0 aliphatic carbocycles. The quantitative estimate of drug-likeness (QED) is 0.834. The van der Waals surface area contributed by atoms with E-state index in [9.17, 15) is 0 Å². The summed E-state index contributed by atoms with van der Waals surface area (Å²) < 4.78 is 2.92. The molecule has 0 amide bonds. The number of halogens is 1. The van der Waals surface area contributed by atoms with Crippen molar-refractivity contribution >= 4 is 34.9 Å². The first-order chi connectivity index (χ1) is 9.06. The van der Waals surface area contributed by atoms with Crippen molar-refractivity contribution in [3.05, 3.63) is 28.0 Å². The second kappa shape index (κ2) is 6.07. The van der Waals surface area contributed by atoms with Crippen molar-refractivity contribution in [3.63, 3.8) is 0 Å². The van der Waals surface area contributed by atoms with Crippen molar-refractivity contribution in [2.45, 2.75) is 26.8 Å². The summed E-state index contributed by atoms with van der Waals surface area (Å²) in [5.74, 6) is 0. The van der Waals surface area contributed by atoms with Crippen LogP contribution in [-0.2, 0) is 0 Å². The summed E-state index contributed by atoms with van der Waals surface area (Å²) in [4.78, 5) is 5.64. The first-order valence-electron chi connectivity index (χ1n) is 6.69. The van der Waals surface area contributed by atoms with E-state index in [-0.39, 0.29) is 0 Å². The summed E-state index contributed by atoms with van der Waals surface area (Å²) in [6, 6.07) is 6.16. The van der Waals surface area contributed by atoms with Gasteiger partial charge in [-0.2, -0.15) is 0 Å². The average molecular weight is 298 g/mol. The Morgan fingerprint density at radius 3 is 2.68 bits per heavy atom. The Morgan fingerprint density at radius 1 is 1.37 bits per heavy atom. The van der Waals surface area contributed by atoms with Gasteiger partial charge in [0.2, 0.25) is 0 Å². The Labute approximate surface area is 124 Å². The zero-order valence-electron chi connectivity index (χ0n) is 11.6. The third kappa shape index (κ3) is 3.02. The average Bonchev–Trinajstić information content (AvgIpc) is 2.71. The Balaban J connectivity index is 2.41. The number of nitrogens with one attached hydrogen (secondary N) is 1. The van der Waals surface area contributed by atoms with Crippen molar-refractivity contribution in [2.75, 3.05) is 19.6 Å². The zero-order valence-corrected chi connectivity index (χ0v) is 13.2. The number of imidazole rings is 1. The third-order valence-electron chi connectivity index (χ3n) is 3.54. The van der Waals surface area contributed by atoms with Crippen LogP contribution in [0.3, 0.4) is 0 Å². The van der Waals surface area contributed by atoms with Crippen molar-refractivity contribution < 1.29 is 0 Å². The van der Waals surface area contributed by atoms with Gasteiger partial charge in [-0.3, -0.25) is 0 Å². The van der Waals surface area contributed by atoms with Gasteiger partial charge in [0.05, 0.1) is 11.0 Å². The Bertz CT molecular complexity index is 613. The Hall–Kier alpha value is -0.840. The number of benzene rings is 1. The summed E-state index contributed by atoms with van der Waals surface area (Å²) in [6.07, 6.45) is 0. The van der Waals surface area contributed by atoms with Crippen LogP contribution in [0.5, 0.6) is 0 Å². The molecule has 0 fully saturated rings. The number of rotatable bonds is 5. The lowest BCUT2D eigenvalue weighted by atomic mass is 10.2. The maximum absolute atomic E-state index is 6.09. The molecule has 0 saturated carbocycles. The molecule has 0 radical (unpaired) electrons. The van der Waals surface area contributed by atoms with E-state index in [1.165, 1.54) is 0 Å². The molecule has 0 spiro atoms. The molecule has 0 saturated heterocycles. The molecule has 19 heavy (non-hydrogen) atoms. The fraction of sp³-hybridized carbons (Fsp3) is 0.500. The maximum Gasteiger partial charge on any atom is 0.178 e. The van der Waals surface area contributed by atoms with Crippen molar-refractivity contribution in [1.82, 2.24) is 14.5 Å². The molecule has 1 N–H and O–H groups in total. The van der Waals surface area contributed by atoms with Gasteiger partial charge in [-0.05, 0) is 50.4 Å². The molecule has 0 bridgehead atoms. The highest BCUT2D eigenvalue weighted by molar-refractivity contribution is 7.71. The highest BCUT2D eigenvalue weighted by Gasteiger charge is 2.13. The van der Waals surface area contributed by atoms with Gasteiger partial charge in [0, 0.05) is 17.6 Å². The standard InChI is InChI=1S/C14H20ClN3S/c1-4-17(5-2)9-10(3)18-13-8-11(15)6-7-12(13)16-14(18)19/h6-8,10H,4-5,9H2,1-3H3,(H,16,19). The molecule has 2 rings (SSSR count). The molecule has 1 aromatic carbocycles. The summed E-state index contributed by atoms with van der Waals surface area (Å²) in [5.41, 5.74) is 2.12. The smallest absolute Gasteiger partial charge is 0.178 e. The van der Waals surface area contributed by atoms with E-state index < -0.39 is 0 Å². The first-order valence-corrected chi connectivity index (χ1v) is 7.47. The number of aromatic amines is 1. The molecular formula is C14H20ClN3S. The molecule has 0 aliphatic heterocycles. The van der Waals surface area contributed by atoms with Crippen LogP contribution in [0.4, 0.5) is 0 Å². The second-order valence-electron chi connectivity index (χ2n) is 4.80. The van der Waals surface area contributed by atoms with Gasteiger partial charge in [0.1, 0.15) is 0 Å². The Morgan fingerprint density at radius 2 is 2.05 bits per heavy atom. The minimum absolute atomic E-state index is 0.319. The number of aromatic nitrogens is 2. The van der Waals surface area contributed by atoms with E-state index in [4.69, 9.17) is 23.8 Å². The van der Waals surface area contributed by atoms with E-state index in [0.717, 1.165) is 40.5 Å². The van der Waals surface area contributed by atoms with Gasteiger partial charge in [0.15, 0.2) is 4.77 Å². The minimum Gasteiger partial charge on any atom is -0.331 e. The van der Waals surface area contributed by atoms with Crippen LogP contribution in [0.25, 0.3) is 11.0 Å². The largest absolute Gasteiger partial charge is 0.331 e. The Kier molecular flexibility index (Phi) is 4.66. The van der Waals surface area contributed by atoms with Crippen molar-refractivity contribution in [3.8, 4) is 0 Å². The van der Waals surface area contributed by atoms with Crippen LogP contribution < -0.4 is 0 Å². The number of H-pyrrole nitrogens is 1. The van der Waals surface area contributed by atoms with E-state index in [2.05, 4.69) is 35.2 Å². The highest BCUT2D eigenvalue weighted by Crippen LogP contribution is 2.23. The maximum atomic E-state index is 6.09. The molecule has 1 atom stereocenters. The minimum atomic E-state index is 0.319. The second-order valence-corrected chi connectivity index (χ2v) is 5.62. The van der Waals surface area contributed by atoms with Crippen molar-refractivity contribution in [1.29, 1.82) is 0 Å². The molecule has 1 unspecified atom stereocenters. The van der Waals surface area contributed by atoms with E-state index >= 15 is 0 Å². The zero-order chi connectivity index (χ0) is 14.0. The normalized spacial score (nSPS) is 13.3. The molecule has 2 aromatic rings. The van der Waals surface area contributed by atoms with Crippen molar-refractivity contribution in [2.24, 2.45) is 0 Å². The van der Waals surface area contributed by atoms with Crippen LogP contribution in [0.2, 0.25) is 5.02 Å². The molecule has 104 valence electrons. The lowest BCUT2D eigenvalue weighted by Gasteiger charge is -2.24. The molecule has 1 aromatic heterocycles. The van der Waals surface area contributed by atoms with Crippen LogP contribution in [0.1, 0.15) is 26.8 Å². The first kappa shape index (κ1) is 14.6. The number of nitrogens with zero attached hydrogens (tertiary/aromatic N) is 2. The predicted octanol–water partition coefficient (Wildman–Crippen LogP) is 4.26. The fourth-order valence-electron chi connectivity index (χ4n) is 2.47. The topological polar surface area (TPSA) is 24.0 Å². The van der Waals surface area contributed by atoms with Gasteiger partial charge in [-0.25, -0.2) is 0 Å². The fourth-order valence-corrected chi connectivity index (χ4v) is 3.02. The molecule has 0 aliphatic rings. The van der Waals surface area contributed by atoms with E-state index in [0.29, 0.717) is 6.04 Å². The van der Waals surface area contributed by atoms with E-state index in [1.807, 2.05) is 18.2 Å². The lowest BCUT2D eigenvalue weighted by Crippen LogP contribution is -2.29. The van der Waals surface area contributed by atoms with Gasteiger partial charge < -0.3 is 14.5 Å². The number of likely N-dealkylation sites (N-methyl/N-ethyl adjacent to an activating group) is 1. The van der Waals surface area contributed by atoms with Crippen LogP contribution in [-0.4, -0.2) is 34.1 Å². The molecule has 3 nitrogen and oxygen atoms in total. The van der Waals surface area contributed by atoms with Gasteiger partial charge in [-0.15, -0.1) is 0 Å². The van der Waals surface area contributed by atoms with Gasteiger partial charge >= 0.3 is 0 Å². The van der Waals surface area contributed by atoms with Gasteiger partial charge in [0.25, 0.3) is 0 Å². The molecular weight excluding hydrogens is 278 g/mol. The molecule has 5 heteroatoms. The number of hydrogen-bond donors (Lipinski definition) is 1. The summed E-state index contributed by atoms with van der Waals surface area (Å²) >= 11 is 11.5. The third-order valence-corrected chi connectivity index (χ3v) is 4.07. The number of fused-ring (bicyclic) bond motifs is 1. The van der Waals surface area contributed by atoms with Crippen LogP contribution >= 0.6 is 23.8 Å². The molecule has 1 heterocycles. The number of hydrogen-bond acceptors (Lipinski definition) is 2. The van der Waals surface area contributed by atoms with E-state index in [1.54, 1.807) is 0 Å². The SMILES string of the molecule is CCN(CC)CC(C)n1c(=S)[nH]c2ccc(Cl)cc21. The summed E-state index contributed by atoms with van der Waals surface area (Å²) in [7, 11) is 0. The van der Waals surface area contributed by atoms with Crippen LogP contribution in [0, 0.1) is 4.77 Å². The predicted molar refractivity (Wildman–Crippen MR) is 84.6 cm³/mol. The summed E-state index contributed by atoms with van der Waals surface area (Å²) in [5, 5.41) is 0.741. The van der Waals surface area contributed by atoms with Gasteiger partial charge in [-0.1, -0.05) is 25.4 Å². The highest BCUT2D eigenvalue weighted by atomic mass is 35.5. The lowest BCUT2D eigenvalue weighted by molar-refractivity contribution is 0.262.